The van der Waals surface area contributed by atoms with Crippen LogP contribution in [0.15, 0.2) is 51.4 Å². The van der Waals surface area contributed by atoms with E-state index in [0.717, 1.165) is 16.9 Å². The van der Waals surface area contributed by atoms with Gasteiger partial charge in [-0.05, 0) is 35.6 Å². The molecule has 0 aliphatic carbocycles. The van der Waals surface area contributed by atoms with E-state index in [2.05, 4.69) is 15.5 Å². The van der Waals surface area contributed by atoms with Gasteiger partial charge in [-0.15, -0.1) is 21.5 Å². The largest absolute Gasteiger partial charge is 0.410 e. The fraction of sp³-hybridized carbons (Fsp3) is 0.235. The highest BCUT2D eigenvalue weighted by Crippen LogP contribution is 2.26. The number of carbonyl (C=O) groups excluding carboxylic acids is 1. The number of hydrogen-bond donors (Lipinski definition) is 1. The highest BCUT2D eigenvalue weighted by atomic mass is 35.5. The number of nitrogens with one attached hydrogen (secondary N) is 1. The zero-order valence-electron chi connectivity index (χ0n) is 13.4. The number of thioether (sulfide) groups is 1. The van der Waals surface area contributed by atoms with Crippen molar-refractivity contribution in [2.24, 2.45) is 0 Å². The molecule has 0 fully saturated rings. The lowest BCUT2D eigenvalue weighted by molar-refractivity contribution is -0.119. The molecule has 1 aromatic carbocycles. The molecule has 25 heavy (non-hydrogen) atoms. The number of thiophene rings is 1. The van der Waals surface area contributed by atoms with Crippen molar-refractivity contribution in [1.82, 2.24) is 15.5 Å². The van der Waals surface area contributed by atoms with Gasteiger partial charge in [0.1, 0.15) is 0 Å². The zero-order chi connectivity index (χ0) is 17.6. The first-order valence-electron chi connectivity index (χ1n) is 7.70. The van der Waals surface area contributed by atoms with E-state index in [0.29, 0.717) is 16.1 Å². The van der Waals surface area contributed by atoms with Crippen LogP contribution in [0.3, 0.4) is 0 Å². The topological polar surface area (TPSA) is 68.0 Å². The van der Waals surface area contributed by atoms with Gasteiger partial charge in [-0.1, -0.05) is 48.5 Å². The molecule has 130 valence electrons. The van der Waals surface area contributed by atoms with Gasteiger partial charge >= 0.3 is 0 Å². The van der Waals surface area contributed by atoms with Crippen LogP contribution >= 0.6 is 34.7 Å². The monoisotopic (exact) mass is 393 g/mol. The van der Waals surface area contributed by atoms with Gasteiger partial charge in [-0.2, -0.15) is 0 Å². The number of amides is 1. The van der Waals surface area contributed by atoms with E-state index in [-0.39, 0.29) is 17.7 Å². The second-order valence-corrected chi connectivity index (χ2v) is 7.53. The van der Waals surface area contributed by atoms with Crippen LogP contribution in [-0.2, 0) is 4.79 Å². The van der Waals surface area contributed by atoms with Gasteiger partial charge < -0.3 is 9.73 Å². The minimum absolute atomic E-state index is 0.0465. The predicted molar refractivity (Wildman–Crippen MR) is 101 cm³/mol. The SMILES string of the molecule is CCC(NC(=O)CSc1nnc(-c2cccs2)o1)c1ccc(Cl)cc1. The van der Waals surface area contributed by atoms with Crippen LogP contribution in [0.4, 0.5) is 0 Å². The standard InChI is InChI=1S/C17H16ClN3O2S2/c1-2-13(11-5-7-12(18)8-6-11)19-15(22)10-25-17-21-20-16(23-17)14-4-3-9-24-14/h3-9,13H,2,10H2,1H3,(H,19,22). The van der Waals surface area contributed by atoms with Gasteiger partial charge in [-0.25, -0.2) is 0 Å². The normalized spacial score (nSPS) is 12.1. The summed E-state index contributed by atoms with van der Waals surface area (Å²) in [6.07, 6.45) is 0.793. The van der Waals surface area contributed by atoms with Gasteiger partial charge in [0.25, 0.3) is 11.1 Å². The summed E-state index contributed by atoms with van der Waals surface area (Å²) in [7, 11) is 0. The second-order valence-electron chi connectivity index (χ2n) is 5.22. The lowest BCUT2D eigenvalue weighted by Gasteiger charge is -2.17. The number of rotatable bonds is 7. The third kappa shape index (κ3) is 4.84. The highest BCUT2D eigenvalue weighted by molar-refractivity contribution is 7.99. The lowest BCUT2D eigenvalue weighted by Crippen LogP contribution is -2.29. The van der Waals surface area contributed by atoms with Crippen LogP contribution in [0, 0.1) is 0 Å². The highest BCUT2D eigenvalue weighted by Gasteiger charge is 2.15. The molecule has 0 saturated carbocycles. The van der Waals surface area contributed by atoms with Crippen LogP contribution in [0.2, 0.25) is 5.02 Å². The van der Waals surface area contributed by atoms with Gasteiger partial charge in [0.2, 0.25) is 5.91 Å². The van der Waals surface area contributed by atoms with Gasteiger partial charge in [0.15, 0.2) is 0 Å². The minimum atomic E-state index is -0.0809. The third-order valence-corrected chi connectivity index (χ3v) is 5.41. The van der Waals surface area contributed by atoms with Crippen LogP contribution in [0.25, 0.3) is 10.8 Å². The minimum Gasteiger partial charge on any atom is -0.410 e. The van der Waals surface area contributed by atoms with Crippen molar-refractivity contribution in [3.05, 3.63) is 52.4 Å². The molecule has 0 spiro atoms. The quantitative estimate of drug-likeness (QED) is 0.583. The van der Waals surface area contributed by atoms with Crippen molar-refractivity contribution < 1.29 is 9.21 Å². The summed E-state index contributed by atoms with van der Waals surface area (Å²) in [6, 6.07) is 11.3. The van der Waals surface area contributed by atoms with Gasteiger partial charge in [0, 0.05) is 5.02 Å². The van der Waals surface area contributed by atoms with E-state index in [4.69, 9.17) is 16.0 Å². The van der Waals surface area contributed by atoms with E-state index in [1.54, 1.807) is 0 Å². The molecule has 0 aliphatic rings. The first kappa shape index (κ1) is 18.0. The Hall–Kier alpha value is -1.83. The maximum Gasteiger partial charge on any atom is 0.277 e. The summed E-state index contributed by atoms with van der Waals surface area (Å²) >= 11 is 8.67. The number of aromatic nitrogens is 2. The number of halogens is 1. The first-order valence-corrected chi connectivity index (χ1v) is 9.95. The van der Waals surface area contributed by atoms with E-state index in [1.165, 1.54) is 23.1 Å². The smallest absolute Gasteiger partial charge is 0.277 e. The molecule has 1 amide bonds. The van der Waals surface area contributed by atoms with Gasteiger partial charge in [-0.3, -0.25) is 4.79 Å². The Morgan fingerprint density at radius 1 is 1.32 bits per heavy atom. The number of benzene rings is 1. The van der Waals surface area contributed by atoms with Crippen molar-refractivity contribution in [1.29, 1.82) is 0 Å². The molecular weight excluding hydrogens is 378 g/mol. The van der Waals surface area contributed by atoms with Crippen LogP contribution < -0.4 is 5.32 Å². The molecule has 2 heterocycles. The summed E-state index contributed by atoms with van der Waals surface area (Å²) < 4.78 is 5.56. The molecule has 0 bridgehead atoms. The second kappa shape index (κ2) is 8.51. The molecule has 0 saturated heterocycles. The molecule has 0 radical (unpaired) electrons. The lowest BCUT2D eigenvalue weighted by atomic mass is 10.0. The maximum atomic E-state index is 12.2. The fourth-order valence-corrected chi connectivity index (χ4v) is 3.59. The van der Waals surface area contributed by atoms with Crippen molar-refractivity contribution in [3.8, 4) is 10.8 Å². The summed E-state index contributed by atoms with van der Waals surface area (Å²) in [5.41, 5.74) is 1.03. The zero-order valence-corrected chi connectivity index (χ0v) is 15.8. The van der Waals surface area contributed by atoms with E-state index in [1.807, 2.05) is 48.7 Å². The number of hydrogen-bond acceptors (Lipinski definition) is 6. The molecule has 5 nitrogen and oxygen atoms in total. The molecular formula is C17H16ClN3O2S2. The average Bonchev–Trinajstić information content (AvgIpc) is 3.30. The Balaban J connectivity index is 1.54. The van der Waals surface area contributed by atoms with Crippen molar-refractivity contribution in [2.45, 2.75) is 24.6 Å². The van der Waals surface area contributed by atoms with E-state index < -0.39 is 0 Å². The molecule has 3 rings (SSSR count). The Bertz CT molecular complexity index is 819. The summed E-state index contributed by atoms with van der Waals surface area (Å²) in [6.45, 7) is 2.03. The summed E-state index contributed by atoms with van der Waals surface area (Å²) in [5, 5.41) is 14.0. The average molecular weight is 394 g/mol. The van der Waals surface area contributed by atoms with Crippen LogP contribution in [0.1, 0.15) is 24.9 Å². The Morgan fingerprint density at radius 2 is 2.12 bits per heavy atom. The van der Waals surface area contributed by atoms with Crippen LogP contribution in [0.5, 0.6) is 0 Å². The maximum absolute atomic E-state index is 12.2. The number of carbonyl (C=O) groups is 1. The molecule has 0 aliphatic heterocycles. The van der Waals surface area contributed by atoms with E-state index >= 15 is 0 Å². The van der Waals surface area contributed by atoms with Crippen LogP contribution in [-0.4, -0.2) is 21.9 Å². The fourth-order valence-electron chi connectivity index (χ4n) is 2.25. The summed E-state index contributed by atoms with van der Waals surface area (Å²) in [5.74, 6) is 0.615. The molecule has 1 N–H and O–H groups in total. The van der Waals surface area contributed by atoms with E-state index in [9.17, 15) is 4.79 Å². The predicted octanol–water partition coefficient (Wildman–Crippen LogP) is 4.81. The molecule has 3 aromatic rings. The Labute approximate surface area is 158 Å². The van der Waals surface area contributed by atoms with Crippen molar-refractivity contribution in [3.63, 3.8) is 0 Å². The molecule has 1 atom stereocenters. The Morgan fingerprint density at radius 3 is 2.80 bits per heavy atom. The van der Waals surface area contributed by atoms with Gasteiger partial charge in [0.05, 0.1) is 16.7 Å². The van der Waals surface area contributed by atoms with Crippen molar-refractivity contribution in [2.75, 3.05) is 5.75 Å². The molecule has 8 heteroatoms. The first-order chi connectivity index (χ1) is 12.2. The number of nitrogens with zero attached hydrogens (tertiary/aromatic N) is 2. The third-order valence-electron chi connectivity index (χ3n) is 3.48. The Kier molecular flexibility index (Phi) is 6.12. The van der Waals surface area contributed by atoms with Crippen molar-refractivity contribution >= 4 is 40.6 Å². The molecule has 2 aromatic heterocycles. The summed E-state index contributed by atoms with van der Waals surface area (Å²) in [4.78, 5) is 13.1. The molecule has 1 unspecified atom stereocenters.